The lowest BCUT2D eigenvalue weighted by Gasteiger charge is -2.33. The maximum Gasteiger partial charge on any atom is 0.184 e. The van der Waals surface area contributed by atoms with E-state index in [1.54, 1.807) is 0 Å². The standard InChI is InChI=1S/C20H22O4/c1-3-7-15(8-4-1)12-21-17-11-18(20-23-14-19(17)24-20)22-13-16-9-5-2-6-10-16/h1-10,17-20H,11-14H2/t17-,18-,19-,20-/m1/s1. The lowest BCUT2D eigenvalue weighted by molar-refractivity contribution is -0.210. The molecule has 0 saturated carbocycles. The summed E-state index contributed by atoms with van der Waals surface area (Å²) in [6.07, 6.45) is 0.453. The summed E-state index contributed by atoms with van der Waals surface area (Å²) in [6, 6.07) is 20.4. The minimum atomic E-state index is -0.268. The lowest BCUT2D eigenvalue weighted by atomic mass is 10.0. The van der Waals surface area contributed by atoms with Crippen molar-refractivity contribution in [1.82, 2.24) is 0 Å². The van der Waals surface area contributed by atoms with Gasteiger partial charge in [-0.15, -0.1) is 0 Å². The summed E-state index contributed by atoms with van der Waals surface area (Å²) in [5, 5.41) is 0. The molecule has 0 aromatic heterocycles. The summed E-state index contributed by atoms with van der Waals surface area (Å²) in [5.41, 5.74) is 2.32. The number of ether oxygens (including phenoxy) is 4. The van der Waals surface area contributed by atoms with Crippen LogP contribution >= 0.6 is 0 Å². The largest absolute Gasteiger partial charge is 0.371 e. The number of fused-ring (bicyclic) bond motifs is 2. The second-order valence-corrected chi connectivity index (χ2v) is 6.28. The highest BCUT2D eigenvalue weighted by atomic mass is 16.8. The lowest BCUT2D eigenvalue weighted by Crippen LogP contribution is -2.44. The number of hydrogen-bond donors (Lipinski definition) is 0. The van der Waals surface area contributed by atoms with Crippen molar-refractivity contribution in [2.45, 2.75) is 44.2 Å². The van der Waals surface area contributed by atoms with Gasteiger partial charge in [-0.25, -0.2) is 0 Å². The molecule has 4 atom stereocenters. The third-order valence-corrected chi connectivity index (χ3v) is 4.53. The highest BCUT2D eigenvalue weighted by Gasteiger charge is 2.45. The first kappa shape index (κ1) is 15.8. The van der Waals surface area contributed by atoms with Gasteiger partial charge in [0.25, 0.3) is 0 Å². The van der Waals surface area contributed by atoms with Gasteiger partial charge in [0.15, 0.2) is 6.29 Å². The molecular formula is C20H22O4. The van der Waals surface area contributed by atoms with Gasteiger partial charge < -0.3 is 18.9 Å². The predicted molar refractivity (Wildman–Crippen MR) is 89.3 cm³/mol. The van der Waals surface area contributed by atoms with E-state index in [4.69, 9.17) is 18.9 Å². The summed E-state index contributed by atoms with van der Waals surface area (Å²) < 4.78 is 23.8. The average Bonchev–Trinajstić information content (AvgIpc) is 3.07. The van der Waals surface area contributed by atoms with Crippen molar-refractivity contribution in [3.05, 3.63) is 71.8 Å². The van der Waals surface area contributed by atoms with Crippen molar-refractivity contribution in [3.8, 4) is 0 Å². The SMILES string of the molecule is c1ccc(CO[C@@H]2C[C@@H](OCc3ccccc3)[C@H]3CO[C@@H]2O3)cc1. The van der Waals surface area contributed by atoms with E-state index in [1.165, 1.54) is 5.56 Å². The molecule has 4 heteroatoms. The highest BCUT2D eigenvalue weighted by molar-refractivity contribution is 5.14. The molecule has 0 N–H and O–H groups in total. The zero-order valence-electron chi connectivity index (χ0n) is 13.5. The molecule has 2 aliphatic heterocycles. The van der Waals surface area contributed by atoms with Gasteiger partial charge >= 0.3 is 0 Å². The van der Waals surface area contributed by atoms with Gasteiger partial charge in [-0.2, -0.15) is 0 Å². The fraction of sp³-hybridized carbons (Fsp3) is 0.400. The highest BCUT2D eigenvalue weighted by Crippen LogP contribution is 2.32. The van der Waals surface area contributed by atoms with Gasteiger partial charge in [-0.05, 0) is 11.1 Å². The molecule has 24 heavy (non-hydrogen) atoms. The first-order chi connectivity index (χ1) is 11.9. The van der Waals surface area contributed by atoms with Crippen molar-refractivity contribution in [2.75, 3.05) is 6.61 Å². The van der Waals surface area contributed by atoms with Crippen LogP contribution in [-0.2, 0) is 32.2 Å². The molecule has 0 spiro atoms. The van der Waals surface area contributed by atoms with Gasteiger partial charge in [0.05, 0.1) is 25.9 Å². The average molecular weight is 326 g/mol. The Kier molecular flexibility index (Phi) is 4.90. The van der Waals surface area contributed by atoms with Crippen molar-refractivity contribution >= 4 is 0 Å². The van der Waals surface area contributed by atoms with Crippen molar-refractivity contribution < 1.29 is 18.9 Å². The minimum Gasteiger partial charge on any atom is -0.371 e. The van der Waals surface area contributed by atoms with Gasteiger partial charge in [-0.3, -0.25) is 0 Å². The van der Waals surface area contributed by atoms with Crippen molar-refractivity contribution in [2.24, 2.45) is 0 Å². The van der Waals surface area contributed by atoms with E-state index in [0.717, 1.165) is 12.0 Å². The number of rotatable bonds is 6. The molecule has 2 aliphatic rings. The molecule has 0 amide bonds. The van der Waals surface area contributed by atoms with Crippen LogP contribution in [0.1, 0.15) is 17.5 Å². The van der Waals surface area contributed by atoms with E-state index in [1.807, 2.05) is 36.4 Å². The first-order valence-corrected chi connectivity index (χ1v) is 8.46. The summed E-state index contributed by atoms with van der Waals surface area (Å²) in [4.78, 5) is 0. The monoisotopic (exact) mass is 326 g/mol. The van der Waals surface area contributed by atoms with E-state index < -0.39 is 0 Å². The van der Waals surface area contributed by atoms with E-state index in [2.05, 4.69) is 24.3 Å². The third-order valence-electron chi connectivity index (χ3n) is 4.53. The molecule has 2 aromatic carbocycles. The Morgan fingerprint density at radius 3 is 2.00 bits per heavy atom. The van der Waals surface area contributed by atoms with Crippen LogP contribution in [0, 0.1) is 0 Å². The molecule has 126 valence electrons. The van der Waals surface area contributed by atoms with E-state index in [9.17, 15) is 0 Å². The van der Waals surface area contributed by atoms with Gasteiger partial charge in [-0.1, -0.05) is 60.7 Å². The quantitative estimate of drug-likeness (QED) is 0.816. The molecular weight excluding hydrogens is 304 g/mol. The van der Waals surface area contributed by atoms with Gasteiger partial charge in [0, 0.05) is 6.42 Å². The maximum absolute atomic E-state index is 6.10. The Morgan fingerprint density at radius 1 is 0.792 bits per heavy atom. The fourth-order valence-electron chi connectivity index (χ4n) is 3.20. The topological polar surface area (TPSA) is 36.9 Å². The van der Waals surface area contributed by atoms with Crippen LogP contribution in [0.15, 0.2) is 60.7 Å². The number of benzene rings is 2. The maximum atomic E-state index is 6.10. The van der Waals surface area contributed by atoms with Gasteiger partial charge in [0.2, 0.25) is 0 Å². The molecule has 2 saturated heterocycles. The molecule has 0 aliphatic carbocycles. The van der Waals surface area contributed by atoms with Crippen molar-refractivity contribution in [3.63, 3.8) is 0 Å². The molecule has 2 bridgehead atoms. The molecule has 0 radical (unpaired) electrons. The summed E-state index contributed by atoms with van der Waals surface area (Å²) in [5.74, 6) is 0. The second kappa shape index (κ2) is 7.45. The van der Waals surface area contributed by atoms with E-state index in [0.29, 0.717) is 19.8 Å². The van der Waals surface area contributed by atoms with Crippen LogP contribution in [-0.4, -0.2) is 31.2 Å². The molecule has 2 heterocycles. The Morgan fingerprint density at radius 2 is 1.38 bits per heavy atom. The zero-order chi connectivity index (χ0) is 16.2. The zero-order valence-corrected chi connectivity index (χ0v) is 13.5. The smallest absolute Gasteiger partial charge is 0.184 e. The molecule has 2 aromatic rings. The molecule has 4 nitrogen and oxygen atoms in total. The summed E-state index contributed by atoms with van der Waals surface area (Å²) >= 11 is 0. The van der Waals surface area contributed by atoms with Crippen LogP contribution in [0.25, 0.3) is 0 Å². The van der Waals surface area contributed by atoms with Crippen LogP contribution in [0.2, 0.25) is 0 Å². The predicted octanol–water partition coefficient (Wildman–Crippen LogP) is 3.30. The van der Waals surface area contributed by atoms with E-state index in [-0.39, 0.29) is 24.6 Å². The van der Waals surface area contributed by atoms with Crippen LogP contribution in [0.5, 0.6) is 0 Å². The molecule has 4 rings (SSSR count). The Hall–Kier alpha value is -1.72. The minimum absolute atomic E-state index is 0.00438. The molecule has 0 unspecified atom stereocenters. The summed E-state index contributed by atoms with van der Waals surface area (Å²) in [7, 11) is 0. The Labute approximate surface area is 142 Å². The van der Waals surface area contributed by atoms with Crippen LogP contribution in [0.4, 0.5) is 0 Å². The Balaban J connectivity index is 1.34. The third kappa shape index (κ3) is 3.68. The number of hydrogen-bond acceptors (Lipinski definition) is 4. The summed E-state index contributed by atoms with van der Waals surface area (Å²) in [6.45, 7) is 1.72. The normalized spacial score (nSPS) is 28.8. The van der Waals surface area contributed by atoms with Crippen LogP contribution in [0.3, 0.4) is 0 Å². The molecule has 2 fully saturated rings. The Bertz CT molecular complexity index is 575. The van der Waals surface area contributed by atoms with Crippen molar-refractivity contribution in [1.29, 1.82) is 0 Å². The fourth-order valence-corrected chi connectivity index (χ4v) is 3.20. The van der Waals surface area contributed by atoms with E-state index >= 15 is 0 Å². The van der Waals surface area contributed by atoms with Crippen LogP contribution < -0.4 is 0 Å². The first-order valence-electron chi connectivity index (χ1n) is 8.46. The van der Waals surface area contributed by atoms with Gasteiger partial charge in [0.1, 0.15) is 12.2 Å². The second-order valence-electron chi connectivity index (χ2n) is 6.28.